The number of aryl methyl sites for hydroxylation is 1. The average molecular weight is 375 g/mol. The number of hydrogen-bond acceptors (Lipinski definition) is 5. The fraction of sp³-hybridized carbons (Fsp3) is 0.579. The van der Waals surface area contributed by atoms with Crippen molar-refractivity contribution in [2.45, 2.75) is 39.5 Å². The first kappa shape index (κ1) is 17.7. The molecule has 0 atom stereocenters. The summed E-state index contributed by atoms with van der Waals surface area (Å²) in [5.74, 6) is 0.169. The lowest BCUT2D eigenvalue weighted by molar-refractivity contribution is 0.0766. The molecule has 2 aliphatic rings. The summed E-state index contributed by atoms with van der Waals surface area (Å²) in [7, 11) is 0. The van der Waals surface area contributed by atoms with Gasteiger partial charge in [0.1, 0.15) is 0 Å². The molecular formula is C19H26N4O2S. The molecule has 0 aliphatic carbocycles. The lowest BCUT2D eigenvalue weighted by Gasteiger charge is -2.21. The number of thiophene rings is 1. The molecule has 6 nitrogen and oxygen atoms in total. The van der Waals surface area contributed by atoms with Gasteiger partial charge in [-0.05, 0) is 24.8 Å². The number of fused-ring (bicyclic) bond motifs is 1. The predicted octanol–water partition coefficient (Wildman–Crippen LogP) is 2.39. The van der Waals surface area contributed by atoms with E-state index in [1.165, 1.54) is 22.6 Å². The van der Waals surface area contributed by atoms with Crippen LogP contribution in [0.4, 0.5) is 0 Å². The maximum Gasteiger partial charge on any atom is 0.263 e. The Kier molecular flexibility index (Phi) is 5.38. The molecular weight excluding hydrogens is 348 g/mol. The number of aromatic nitrogens is 2. The van der Waals surface area contributed by atoms with Crippen LogP contribution in [0.1, 0.15) is 40.0 Å². The SMILES string of the molecule is CCn1nc(CN2CCCN(C(=O)c3cccs3)CC2)c2c1CCOC2. The molecule has 4 rings (SSSR count). The molecule has 140 valence electrons. The Morgan fingerprint density at radius 3 is 3.04 bits per heavy atom. The minimum atomic E-state index is 0.169. The van der Waals surface area contributed by atoms with Crippen LogP contribution in [0.5, 0.6) is 0 Å². The Morgan fingerprint density at radius 1 is 1.31 bits per heavy atom. The molecule has 0 bridgehead atoms. The van der Waals surface area contributed by atoms with Gasteiger partial charge in [0.05, 0.1) is 23.8 Å². The van der Waals surface area contributed by atoms with Crippen molar-refractivity contribution in [2.75, 3.05) is 32.8 Å². The highest BCUT2D eigenvalue weighted by Crippen LogP contribution is 2.23. The highest BCUT2D eigenvalue weighted by molar-refractivity contribution is 7.12. The van der Waals surface area contributed by atoms with Crippen LogP contribution in [0.25, 0.3) is 0 Å². The van der Waals surface area contributed by atoms with Gasteiger partial charge in [-0.2, -0.15) is 5.10 Å². The Bertz CT molecular complexity index is 756. The van der Waals surface area contributed by atoms with E-state index < -0.39 is 0 Å². The first-order valence-electron chi connectivity index (χ1n) is 9.46. The van der Waals surface area contributed by atoms with Crippen LogP contribution in [-0.4, -0.2) is 58.3 Å². The van der Waals surface area contributed by atoms with E-state index in [-0.39, 0.29) is 5.91 Å². The van der Waals surface area contributed by atoms with Crippen LogP contribution in [0.2, 0.25) is 0 Å². The van der Waals surface area contributed by atoms with Gasteiger partial charge in [-0.3, -0.25) is 14.4 Å². The Labute approximate surface area is 158 Å². The Hall–Kier alpha value is -1.70. The molecule has 0 N–H and O–H groups in total. The molecule has 0 radical (unpaired) electrons. The summed E-state index contributed by atoms with van der Waals surface area (Å²) in [5.41, 5.74) is 3.78. The zero-order valence-electron chi connectivity index (χ0n) is 15.3. The third-order valence-corrected chi connectivity index (χ3v) is 6.12. The van der Waals surface area contributed by atoms with Crippen molar-refractivity contribution >= 4 is 17.2 Å². The molecule has 4 heterocycles. The molecule has 0 aromatic carbocycles. The number of ether oxygens (including phenoxy) is 1. The smallest absolute Gasteiger partial charge is 0.263 e. The third kappa shape index (κ3) is 3.56. The molecule has 1 saturated heterocycles. The predicted molar refractivity (Wildman–Crippen MR) is 101 cm³/mol. The Morgan fingerprint density at radius 2 is 2.23 bits per heavy atom. The largest absolute Gasteiger partial charge is 0.376 e. The van der Waals surface area contributed by atoms with E-state index >= 15 is 0 Å². The highest BCUT2D eigenvalue weighted by Gasteiger charge is 2.25. The molecule has 0 spiro atoms. The van der Waals surface area contributed by atoms with Gasteiger partial charge < -0.3 is 9.64 Å². The molecule has 1 fully saturated rings. The molecule has 2 aromatic rings. The Balaban J connectivity index is 1.42. The first-order chi connectivity index (χ1) is 12.8. The van der Waals surface area contributed by atoms with Gasteiger partial charge in [0.15, 0.2) is 0 Å². The zero-order valence-corrected chi connectivity index (χ0v) is 16.1. The molecule has 2 aliphatic heterocycles. The van der Waals surface area contributed by atoms with E-state index in [2.05, 4.69) is 16.5 Å². The van der Waals surface area contributed by atoms with Crippen LogP contribution in [-0.2, 0) is 30.9 Å². The van der Waals surface area contributed by atoms with E-state index in [1.807, 2.05) is 22.4 Å². The first-order valence-corrected chi connectivity index (χ1v) is 10.3. The van der Waals surface area contributed by atoms with E-state index in [0.717, 1.165) is 69.3 Å². The van der Waals surface area contributed by atoms with Gasteiger partial charge in [0.25, 0.3) is 5.91 Å². The van der Waals surface area contributed by atoms with Crippen LogP contribution >= 0.6 is 11.3 Å². The van der Waals surface area contributed by atoms with E-state index in [4.69, 9.17) is 9.84 Å². The number of nitrogens with zero attached hydrogens (tertiary/aromatic N) is 4. The van der Waals surface area contributed by atoms with Crippen LogP contribution in [0.3, 0.4) is 0 Å². The minimum absolute atomic E-state index is 0.169. The van der Waals surface area contributed by atoms with Gasteiger partial charge >= 0.3 is 0 Å². The van der Waals surface area contributed by atoms with Gasteiger partial charge in [0.2, 0.25) is 0 Å². The van der Waals surface area contributed by atoms with Crippen LogP contribution in [0.15, 0.2) is 17.5 Å². The fourth-order valence-corrected chi connectivity index (χ4v) is 4.56. The quantitative estimate of drug-likeness (QED) is 0.825. The fourth-order valence-electron chi connectivity index (χ4n) is 3.87. The normalized spacial score (nSPS) is 18.6. The van der Waals surface area contributed by atoms with Crippen LogP contribution < -0.4 is 0 Å². The summed E-state index contributed by atoms with van der Waals surface area (Å²) in [6.45, 7) is 8.89. The van der Waals surface area contributed by atoms with Crippen molar-refractivity contribution in [1.29, 1.82) is 0 Å². The zero-order chi connectivity index (χ0) is 17.9. The number of hydrogen-bond donors (Lipinski definition) is 0. The van der Waals surface area contributed by atoms with E-state index in [0.29, 0.717) is 6.61 Å². The summed E-state index contributed by atoms with van der Waals surface area (Å²) in [6.07, 6.45) is 1.96. The molecule has 26 heavy (non-hydrogen) atoms. The minimum Gasteiger partial charge on any atom is -0.376 e. The van der Waals surface area contributed by atoms with Crippen molar-refractivity contribution in [3.63, 3.8) is 0 Å². The summed E-state index contributed by atoms with van der Waals surface area (Å²) in [5, 5.41) is 6.81. The second-order valence-corrected chi connectivity index (χ2v) is 7.84. The summed E-state index contributed by atoms with van der Waals surface area (Å²) < 4.78 is 7.81. The molecule has 0 unspecified atom stereocenters. The standard InChI is InChI=1S/C19H26N4O2S/c1-2-23-17-6-11-25-14-15(17)16(20-23)13-21-7-4-8-22(10-9-21)19(24)18-5-3-12-26-18/h3,5,12H,2,4,6-11,13-14H2,1H3. The van der Waals surface area contributed by atoms with Crippen LogP contribution in [0, 0.1) is 0 Å². The second-order valence-electron chi connectivity index (χ2n) is 6.89. The number of carbonyl (C=O) groups excluding carboxylic acids is 1. The summed E-state index contributed by atoms with van der Waals surface area (Å²) >= 11 is 1.52. The van der Waals surface area contributed by atoms with Gasteiger partial charge in [0, 0.05) is 56.9 Å². The van der Waals surface area contributed by atoms with Gasteiger partial charge in [-0.1, -0.05) is 6.07 Å². The van der Waals surface area contributed by atoms with Crippen molar-refractivity contribution in [1.82, 2.24) is 19.6 Å². The average Bonchev–Trinajstić information content (AvgIpc) is 3.26. The topological polar surface area (TPSA) is 50.6 Å². The monoisotopic (exact) mass is 374 g/mol. The highest BCUT2D eigenvalue weighted by atomic mass is 32.1. The number of carbonyl (C=O) groups is 1. The van der Waals surface area contributed by atoms with E-state index in [1.54, 1.807) is 0 Å². The van der Waals surface area contributed by atoms with Crippen molar-refractivity contribution in [3.8, 4) is 0 Å². The molecule has 2 aromatic heterocycles. The van der Waals surface area contributed by atoms with E-state index in [9.17, 15) is 4.79 Å². The maximum atomic E-state index is 12.6. The van der Waals surface area contributed by atoms with Gasteiger partial charge in [-0.25, -0.2) is 0 Å². The third-order valence-electron chi connectivity index (χ3n) is 5.26. The lowest BCUT2D eigenvalue weighted by Crippen LogP contribution is -2.34. The molecule has 7 heteroatoms. The summed E-state index contributed by atoms with van der Waals surface area (Å²) in [6, 6.07) is 3.86. The molecule has 1 amide bonds. The van der Waals surface area contributed by atoms with Crippen molar-refractivity contribution < 1.29 is 9.53 Å². The second kappa shape index (κ2) is 7.90. The van der Waals surface area contributed by atoms with Crippen molar-refractivity contribution in [2.24, 2.45) is 0 Å². The van der Waals surface area contributed by atoms with Gasteiger partial charge in [-0.15, -0.1) is 11.3 Å². The number of rotatable bonds is 4. The number of amides is 1. The lowest BCUT2D eigenvalue weighted by atomic mass is 10.1. The van der Waals surface area contributed by atoms with Crippen molar-refractivity contribution in [3.05, 3.63) is 39.3 Å². The summed E-state index contributed by atoms with van der Waals surface area (Å²) in [4.78, 5) is 17.9. The molecule has 0 saturated carbocycles. The maximum absolute atomic E-state index is 12.6.